The van der Waals surface area contributed by atoms with Gasteiger partial charge in [-0.05, 0) is 25.5 Å². The number of methoxy groups -OCH3 is 1. The van der Waals surface area contributed by atoms with E-state index in [1.807, 2.05) is 0 Å². The molecule has 2 N–H and O–H groups in total. The fourth-order valence-corrected chi connectivity index (χ4v) is 1.31. The zero-order valence-electron chi connectivity index (χ0n) is 8.29. The molecule has 0 saturated carbocycles. The molecule has 0 aliphatic heterocycles. The molecule has 0 aliphatic rings. The van der Waals surface area contributed by atoms with Crippen molar-refractivity contribution in [3.8, 4) is 11.5 Å². The Kier molecular flexibility index (Phi) is 2.65. The highest BCUT2D eigenvalue weighted by atomic mass is 16.5. The van der Waals surface area contributed by atoms with E-state index in [9.17, 15) is 15.0 Å². The third kappa shape index (κ3) is 1.51. The van der Waals surface area contributed by atoms with Gasteiger partial charge in [-0.25, -0.2) is 4.79 Å². The number of carbonyl (C=O) groups excluding carboxylic acids is 1. The van der Waals surface area contributed by atoms with Crippen LogP contribution >= 0.6 is 0 Å². The summed E-state index contributed by atoms with van der Waals surface area (Å²) >= 11 is 0. The minimum absolute atomic E-state index is 0.00296. The second-order valence-corrected chi connectivity index (χ2v) is 3.05. The Morgan fingerprint density at radius 3 is 2.43 bits per heavy atom. The predicted molar refractivity (Wildman–Crippen MR) is 50.6 cm³/mol. The number of carbonyl (C=O) groups is 1. The first kappa shape index (κ1) is 10.4. The molecule has 1 rings (SSSR count). The third-order valence-corrected chi connectivity index (χ3v) is 2.10. The molecule has 4 heteroatoms. The molecule has 0 saturated heterocycles. The van der Waals surface area contributed by atoms with E-state index >= 15 is 0 Å². The van der Waals surface area contributed by atoms with E-state index in [0.717, 1.165) is 0 Å². The standard InChI is InChI=1S/C10H12O4/c1-5-4-7(11)8(10(13)14-3)6(2)9(5)12/h4,11-12H,1-3H3. The van der Waals surface area contributed by atoms with Gasteiger partial charge in [0.25, 0.3) is 0 Å². The highest BCUT2D eigenvalue weighted by molar-refractivity contribution is 5.95. The van der Waals surface area contributed by atoms with Crippen LogP contribution in [0.3, 0.4) is 0 Å². The van der Waals surface area contributed by atoms with Gasteiger partial charge in [0, 0.05) is 5.56 Å². The van der Waals surface area contributed by atoms with E-state index in [4.69, 9.17) is 0 Å². The minimum Gasteiger partial charge on any atom is -0.507 e. The SMILES string of the molecule is COC(=O)c1c(O)cc(C)c(O)c1C. The van der Waals surface area contributed by atoms with Crippen molar-refractivity contribution >= 4 is 5.97 Å². The topological polar surface area (TPSA) is 66.8 Å². The van der Waals surface area contributed by atoms with E-state index in [1.165, 1.54) is 13.2 Å². The fraction of sp³-hybridized carbons (Fsp3) is 0.300. The minimum atomic E-state index is -0.657. The molecule has 0 spiro atoms. The molecule has 0 aliphatic carbocycles. The van der Waals surface area contributed by atoms with Gasteiger partial charge in [0.1, 0.15) is 17.1 Å². The molecule has 0 amide bonds. The Morgan fingerprint density at radius 2 is 1.93 bits per heavy atom. The van der Waals surface area contributed by atoms with Crippen molar-refractivity contribution in [2.24, 2.45) is 0 Å². The van der Waals surface area contributed by atoms with Crippen LogP contribution in [0.2, 0.25) is 0 Å². The number of phenols is 2. The van der Waals surface area contributed by atoms with Crippen molar-refractivity contribution < 1.29 is 19.7 Å². The number of hydrogen-bond acceptors (Lipinski definition) is 4. The first-order valence-electron chi connectivity index (χ1n) is 4.09. The summed E-state index contributed by atoms with van der Waals surface area (Å²) in [5.74, 6) is -0.830. The Balaban J connectivity index is 3.44. The molecule has 0 bridgehead atoms. The molecule has 0 fully saturated rings. The molecule has 1 aromatic carbocycles. The Morgan fingerprint density at radius 1 is 1.36 bits per heavy atom. The van der Waals surface area contributed by atoms with Crippen molar-refractivity contribution in [3.63, 3.8) is 0 Å². The molecule has 4 nitrogen and oxygen atoms in total. The van der Waals surface area contributed by atoms with Gasteiger partial charge in [-0.2, -0.15) is 0 Å². The second kappa shape index (κ2) is 3.57. The van der Waals surface area contributed by atoms with Crippen LogP contribution in [0.4, 0.5) is 0 Å². The van der Waals surface area contributed by atoms with E-state index in [-0.39, 0.29) is 17.1 Å². The lowest BCUT2D eigenvalue weighted by atomic mass is 10.0. The van der Waals surface area contributed by atoms with Gasteiger partial charge in [0.2, 0.25) is 0 Å². The van der Waals surface area contributed by atoms with Crippen molar-refractivity contribution in [2.45, 2.75) is 13.8 Å². The zero-order chi connectivity index (χ0) is 10.9. The Labute approximate surface area is 81.8 Å². The van der Waals surface area contributed by atoms with Crippen LogP contribution in [0.5, 0.6) is 11.5 Å². The predicted octanol–water partition coefficient (Wildman–Crippen LogP) is 1.50. The lowest BCUT2D eigenvalue weighted by Gasteiger charge is -2.10. The van der Waals surface area contributed by atoms with Gasteiger partial charge in [-0.1, -0.05) is 0 Å². The van der Waals surface area contributed by atoms with E-state index in [1.54, 1.807) is 13.8 Å². The van der Waals surface area contributed by atoms with Gasteiger partial charge >= 0.3 is 5.97 Å². The van der Waals surface area contributed by atoms with Crippen LogP contribution in [0.1, 0.15) is 21.5 Å². The molecule has 0 atom stereocenters. The van der Waals surface area contributed by atoms with Gasteiger partial charge in [0.05, 0.1) is 7.11 Å². The smallest absolute Gasteiger partial charge is 0.342 e. The van der Waals surface area contributed by atoms with Gasteiger partial charge in [-0.3, -0.25) is 0 Å². The largest absolute Gasteiger partial charge is 0.507 e. The summed E-state index contributed by atoms with van der Waals surface area (Å²) in [4.78, 5) is 11.2. The highest BCUT2D eigenvalue weighted by Gasteiger charge is 2.18. The van der Waals surface area contributed by atoms with E-state index < -0.39 is 5.97 Å². The summed E-state index contributed by atoms with van der Waals surface area (Å²) in [6.07, 6.45) is 0. The number of phenolic OH excluding ortho intramolecular Hbond substituents is 2. The molecule has 1 aromatic rings. The molecule has 76 valence electrons. The normalized spacial score (nSPS) is 9.93. The number of aromatic hydroxyl groups is 2. The van der Waals surface area contributed by atoms with E-state index in [0.29, 0.717) is 11.1 Å². The third-order valence-electron chi connectivity index (χ3n) is 2.10. The summed E-state index contributed by atoms with van der Waals surface area (Å²) in [5, 5.41) is 19.0. The number of esters is 1. The van der Waals surface area contributed by atoms with Crippen LogP contribution in [-0.4, -0.2) is 23.3 Å². The quantitative estimate of drug-likeness (QED) is 0.527. The van der Waals surface area contributed by atoms with E-state index in [2.05, 4.69) is 4.74 Å². The molecule has 0 radical (unpaired) electrons. The maximum absolute atomic E-state index is 11.2. The van der Waals surface area contributed by atoms with Gasteiger partial charge in [0.15, 0.2) is 0 Å². The van der Waals surface area contributed by atoms with Crippen molar-refractivity contribution in [3.05, 3.63) is 22.8 Å². The highest BCUT2D eigenvalue weighted by Crippen LogP contribution is 2.32. The lowest BCUT2D eigenvalue weighted by molar-refractivity contribution is 0.0596. The molecular weight excluding hydrogens is 184 g/mol. The van der Waals surface area contributed by atoms with Gasteiger partial charge in [-0.15, -0.1) is 0 Å². The number of ether oxygens (including phenoxy) is 1. The average molecular weight is 196 g/mol. The van der Waals surface area contributed by atoms with Crippen LogP contribution in [0.25, 0.3) is 0 Å². The summed E-state index contributed by atoms with van der Waals surface area (Å²) in [7, 11) is 1.22. The summed E-state index contributed by atoms with van der Waals surface area (Å²) < 4.78 is 4.48. The maximum atomic E-state index is 11.2. The molecular formula is C10H12O4. The van der Waals surface area contributed by atoms with Gasteiger partial charge < -0.3 is 14.9 Å². The molecule has 0 aromatic heterocycles. The average Bonchev–Trinajstić information content (AvgIpc) is 2.14. The van der Waals surface area contributed by atoms with Crippen LogP contribution in [-0.2, 0) is 4.74 Å². The first-order chi connectivity index (χ1) is 6.49. The Hall–Kier alpha value is -1.71. The van der Waals surface area contributed by atoms with Crippen molar-refractivity contribution in [1.29, 1.82) is 0 Å². The second-order valence-electron chi connectivity index (χ2n) is 3.05. The lowest BCUT2D eigenvalue weighted by Crippen LogP contribution is -2.04. The molecule has 0 unspecified atom stereocenters. The van der Waals surface area contributed by atoms with Crippen LogP contribution in [0.15, 0.2) is 6.07 Å². The number of benzene rings is 1. The molecule has 14 heavy (non-hydrogen) atoms. The number of hydrogen-bond donors (Lipinski definition) is 2. The summed E-state index contributed by atoms with van der Waals surface area (Å²) in [6.45, 7) is 3.19. The zero-order valence-corrected chi connectivity index (χ0v) is 8.29. The molecule has 0 heterocycles. The Bertz CT molecular complexity index is 382. The first-order valence-corrected chi connectivity index (χ1v) is 4.09. The number of rotatable bonds is 1. The summed E-state index contributed by atoms with van der Waals surface area (Å²) in [6, 6.07) is 1.33. The van der Waals surface area contributed by atoms with Crippen LogP contribution in [0, 0.1) is 13.8 Å². The van der Waals surface area contributed by atoms with Crippen molar-refractivity contribution in [1.82, 2.24) is 0 Å². The van der Waals surface area contributed by atoms with Crippen molar-refractivity contribution in [2.75, 3.05) is 7.11 Å². The monoisotopic (exact) mass is 196 g/mol. The summed E-state index contributed by atoms with van der Waals surface area (Å²) in [5.41, 5.74) is 0.859. The number of aryl methyl sites for hydroxylation is 1. The van der Waals surface area contributed by atoms with Crippen LogP contribution < -0.4 is 0 Å². The maximum Gasteiger partial charge on any atom is 0.342 e. The fourth-order valence-electron chi connectivity index (χ4n) is 1.31.